The molecule has 1 N–H and O–H groups in total. The van der Waals surface area contributed by atoms with Crippen LogP contribution in [0.25, 0.3) is 11.8 Å². The Labute approximate surface area is 135 Å². The van der Waals surface area contributed by atoms with Crippen LogP contribution in [0.5, 0.6) is 0 Å². The molecule has 2 aromatic carbocycles. The van der Waals surface area contributed by atoms with Crippen LogP contribution in [0.4, 0.5) is 0 Å². The summed E-state index contributed by atoms with van der Waals surface area (Å²) in [6.07, 6.45) is 2.11. The summed E-state index contributed by atoms with van der Waals surface area (Å²) in [4.78, 5) is 2.52. The number of nitrogens with one attached hydrogen (secondary N) is 1. The number of hydrogen-bond acceptors (Lipinski definition) is 2. The lowest BCUT2D eigenvalue weighted by molar-refractivity contribution is 0.317. The molecular weight excluding hydrogens is 292 g/mol. The first-order chi connectivity index (χ1) is 10.8. The largest absolute Gasteiger partial charge is 0.390 e. The molecule has 0 unspecified atom stereocenters. The molecule has 0 saturated carbocycles. The van der Waals surface area contributed by atoms with Crippen LogP contribution in [0.2, 0.25) is 5.02 Å². The van der Waals surface area contributed by atoms with Gasteiger partial charge in [-0.05, 0) is 22.4 Å². The summed E-state index contributed by atoms with van der Waals surface area (Å²) >= 11 is 6.50. The van der Waals surface area contributed by atoms with Crippen molar-refractivity contribution in [1.82, 2.24) is 10.2 Å². The molecule has 1 fully saturated rings. The first-order valence-corrected chi connectivity index (χ1v) is 8.16. The van der Waals surface area contributed by atoms with E-state index < -0.39 is 0 Å². The van der Waals surface area contributed by atoms with Gasteiger partial charge in [-0.2, -0.15) is 0 Å². The summed E-state index contributed by atoms with van der Waals surface area (Å²) in [5.74, 6) is 0.543. The van der Waals surface area contributed by atoms with Gasteiger partial charge in [-0.3, -0.25) is 4.90 Å². The molecule has 1 atom stereocenters. The predicted molar refractivity (Wildman–Crippen MR) is 91.8 cm³/mol. The number of likely N-dealkylation sites (tertiary alicyclic amines) is 1. The first-order valence-electron chi connectivity index (χ1n) is 7.79. The minimum Gasteiger partial charge on any atom is -0.390 e. The Bertz CT molecular complexity index is 798. The van der Waals surface area contributed by atoms with Crippen molar-refractivity contribution in [2.75, 3.05) is 19.6 Å². The lowest BCUT2D eigenvalue weighted by Gasteiger charge is -2.15. The molecule has 2 heterocycles. The Morgan fingerprint density at radius 3 is 2.82 bits per heavy atom. The minimum absolute atomic E-state index is 0.543. The van der Waals surface area contributed by atoms with Gasteiger partial charge in [0.2, 0.25) is 0 Å². The molecule has 0 aliphatic carbocycles. The molecule has 4 rings (SSSR count). The summed E-state index contributed by atoms with van der Waals surface area (Å²) < 4.78 is 0. The fourth-order valence-corrected chi connectivity index (χ4v) is 3.90. The van der Waals surface area contributed by atoms with Crippen LogP contribution in [0, 0.1) is 5.92 Å². The second kappa shape index (κ2) is 5.79. The number of benzene rings is 2. The molecule has 2 nitrogen and oxygen atoms in total. The quantitative estimate of drug-likeness (QED) is 0.912. The van der Waals surface area contributed by atoms with Crippen molar-refractivity contribution in [3.8, 4) is 0 Å². The van der Waals surface area contributed by atoms with E-state index in [1.165, 1.54) is 21.6 Å². The number of rotatable bonds is 2. The van der Waals surface area contributed by atoms with E-state index in [0.717, 1.165) is 31.2 Å². The lowest BCUT2D eigenvalue weighted by Crippen LogP contribution is -2.30. The highest BCUT2D eigenvalue weighted by Gasteiger charge is 2.29. The number of nitrogens with zero attached hydrogens (tertiary/aromatic N) is 1. The fraction of sp³-hybridized carbons (Fsp3) is 0.263. The topological polar surface area (TPSA) is 15.3 Å². The van der Waals surface area contributed by atoms with Crippen molar-refractivity contribution in [1.29, 1.82) is 0 Å². The zero-order valence-corrected chi connectivity index (χ0v) is 13.2. The molecule has 2 aliphatic rings. The van der Waals surface area contributed by atoms with Gasteiger partial charge in [0, 0.05) is 48.5 Å². The Balaban J connectivity index is 1.72. The highest BCUT2D eigenvalue weighted by Crippen LogP contribution is 2.25. The third-order valence-electron chi connectivity index (χ3n) is 4.60. The molecule has 0 bridgehead atoms. The van der Waals surface area contributed by atoms with E-state index >= 15 is 0 Å². The predicted octanol–water partition coefficient (Wildman–Crippen LogP) is 1.96. The highest BCUT2D eigenvalue weighted by atomic mass is 35.5. The molecule has 112 valence electrons. The van der Waals surface area contributed by atoms with Gasteiger partial charge in [0.1, 0.15) is 0 Å². The number of hydrogen-bond donors (Lipinski definition) is 1. The second-order valence-corrected chi connectivity index (χ2v) is 6.54. The Morgan fingerprint density at radius 1 is 1.09 bits per heavy atom. The Hall–Kier alpha value is -1.77. The van der Waals surface area contributed by atoms with Crippen LogP contribution in [0.3, 0.4) is 0 Å². The van der Waals surface area contributed by atoms with E-state index in [0.29, 0.717) is 5.92 Å². The normalized spacial score (nSPS) is 20.6. The number of fused-ring (bicyclic) bond motifs is 2. The Morgan fingerprint density at radius 2 is 1.95 bits per heavy atom. The molecule has 0 spiro atoms. The summed E-state index contributed by atoms with van der Waals surface area (Å²) in [5.41, 5.74) is 2.86. The van der Waals surface area contributed by atoms with Crippen LogP contribution in [0.15, 0.2) is 48.5 Å². The molecule has 0 amide bonds. The third-order valence-corrected chi connectivity index (χ3v) is 4.92. The van der Waals surface area contributed by atoms with Crippen molar-refractivity contribution >= 4 is 23.4 Å². The highest BCUT2D eigenvalue weighted by molar-refractivity contribution is 6.30. The molecule has 3 heteroatoms. The summed E-state index contributed by atoms with van der Waals surface area (Å²) in [7, 11) is 0. The standard InChI is InChI=1S/C19H19ClN2/c20-18-8-4-7-15-9-21-10-16-12-22(13-17(16)19(15)18)11-14-5-2-1-3-6-14/h1-9,16,21H,10-13H2/t16-/m0/s1. The molecule has 0 aromatic heterocycles. The van der Waals surface area contributed by atoms with E-state index in [1.54, 1.807) is 0 Å². The van der Waals surface area contributed by atoms with Crippen LogP contribution < -0.4 is 15.8 Å². The van der Waals surface area contributed by atoms with E-state index in [-0.39, 0.29) is 0 Å². The molecular formula is C19H19ClN2. The van der Waals surface area contributed by atoms with Gasteiger partial charge in [-0.25, -0.2) is 0 Å². The molecule has 0 radical (unpaired) electrons. The van der Waals surface area contributed by atoms with Gasteiger partial charge in [0.25, 0.3) is 0 Å². The van der Waals surface area contributed by atoms with Crippen molar-refractivity contribution < 1.29 is 0 Å². The molecule has 2 aromatic rings. The Kier molecular flexibility index (Phi) is 3.65. The summed E-state index contributed by atoms with van der Waals surface area (Å²) in [6.45, 7) is 4.09. The van der Waals surface area contributed by atoms with Crippen molar-refractivity contribution in [2.45, 2.75) is 6.54 Å². The molecule has 1 saturated heterocycles. The zero-order chi connectivity index (χ0) is 14.9. The van der Waals surface area contributed by atoms with Crippen molar-refractivity contribution in [3.63, 3.8) is 0 Å². The molecule has 22 heavy (non-hydrogen) atoms. The van der Waals surface area contributed by atoms with Crippen molar-refractivity contribution in [2.24, 2.45) is 5.92 Å². The van der Waals surface area contributed by atoms with Gasteiger partial charge in [-0.15, -0.1) is 0 Å². The van der Waals surface area contributed by atoms with Crippen LogP contribution in [0.1, 0.15) is 5.56 Å². The average Bonchev–Trinajstić information content (AvgIpc) is 2.82. The van der Waals surface area contributed by atoms with Gasteiger partial charge < -0.3 is 5.32 Å². The van der Waals surface area contributed by atoms with E-state index in [4.69, 9.17) is 11.6 Å². The zero-order valence-electron chi connectivity index (χ0n) is 12.4. The monoisotopic (exact) mass is 310 g/mol. The average molecular weight is 311 g/mol. The maximum absolute atomic E-state index is 6.50. The van der Waals surface area contributed by atoms with Crippen molar-refractivity contribution in [3.05, 3.63) is 69.6 Å². The van der Waals surface area contributed by atoms with Gasteiger partial charge >= 0.3 is 0 Å². The van der Waals surface area contributed by atoms with Gasteiger partial charge in [-0.1, -0.05) is 54.1 Å². The van der Waals surface area contributed by atoms with E-state index in [2.05, 4.69) is 52.8 Å². The minimum atomic E-state index is 0.543. The smallest absolute Gasteiger partial charge is 0.0485 e. The fourth-order valence-electron chi connectivity index (χ4n) is 3.60. The van der Waals surface area contributed by atoms with E-state index in [1.807, 2.05) is 12.1 Å². The maximum Gasteiger partial charge on any atom is 0.0485 e. The summed E-state index contributed by atoms with van der Waals surface area (Å²) in [5, 5.41) is 6.79. The van der Waals surface area contributed by atoms with Crippen LogP contribution in [-0.2, 0) is 6.54 Å². The second-order valence-electron chi connectivity index (χ2n) is 6.13. The van der Waals surface area contributed by atoms with Gasteiger partial charge in [0.15, 0.2) is 0 Å². The first kappa shape index (κ1) is 13.9. The maximum atomic E-state index is 6.50. The SMILES string of the molecule is Clc1cccc2c1=C1CN(Cc3ccccc3)C[C@@H]1CNC=2. The van der Waals surface area contributed by atoms with Crippen LogP contribution in [-0.4, -0.2) is 24.5 Å². The number of halogens is 1. The van der Waals surface area contributed by atoms with Gasteiger partial charge in [0.05, 0.1) is 0 Å². The van der Waals surface area contributed by atoms with E-state index in [9.17, 15) is 0 Å². The third kappa shape index (κ3) is 2.53. The lowest BCUT2D eigenvalue weighted by atomic mass is 10.0. The van der Waals surface area contributed by atoms with Crippen LogP contribution >= 0.6 is 11.6 Å². The molecule has 2 aliphatic heterocycles. The summed E-state index contributed by atoms with van der Waals surface area (Å²) in [6, 6.07) is 16.9.